The summed E-state index contributed by atoms with van der Waals surface area (Å²) in [6.07, 6.45) is 11.0. The van der Waals surface area contributed by atoms with Crippen molar-refractivity contribution in [2.24, 2.45) is 0 Å². The van der Waals surface area contributed by atoms with E-state index >= 15 is 0 Å². The molecule has 0 atom stereocenters. The molecule has 0 fully saturated rings. The SMILES string of the molecule is C1=CCCC=C1.[K+].[SH-]. The molecule has 0 saturated carbocycles. The first-order valence-electron chi connectivity index (χ1n) is 2.32. The van der Waals surface area contributed by atoms with Crippen molar-refractivity contribution in [3.63, 3.8) is 0 Å². The summed E-state index contributed by atoms with van der Waals surface area (Å²) in [6.45, 7) is 0. The van der Waals surface area contributed by atoms with Gasteiger partial charge in [0.05, 0.1) is 0 Å². The van der Waals surface area contributed by atoms with Crippen LogP contribution in [0, 0.1) is 0 Å². The van der Waals surface area contributed by atoms with E-state index in [9.17, 15) is 0 Å². The van der Waals surface area contributed by atoms with Gasteiger partial charge in [0, 0.05) is 0 Å². The summed E-state index contributed by atoms with van der Waals surface area (Å²) in [7, 11) is 0. The van der Waals surface area contributed by atoms with Crippen LogP contribution in [0.2, 0.25) is 0 Å². The monoisotopic (exact) mass is 152 g/mol. The Morgan fingerprint density at radius 2 is 1.25 bits per heavy atom. The van der Waals surface area contributed by atoms with E-state index in [-0.39, 0.29) is 64.9 Å². The molecule has 0 saturated heterocycles. The summed E-state index contributed by atoms with van der Waals surface area (Å²) in [6, 6.07) is 0. The van der Waals surface area contributed by atoms with Gasteiger partial charge in [-0.15, -0.1) is 0 Å². The van der Waals surface area contributed by atoms with Crippen LogP contribution < -0.4 is 51.4 Å². The van der Waals surface area contributed by atoms with Crippen molar-refractivity contribution in [2.45, 2.75) is 12.8 Å². The normalized spacial score (nSPS) is 14.0. The molecule has 1 aliphatic carbocycles. The Hall–Kier alpha value is 1.47. The van der Waals surface area contributed by atoms with Gasteiger partial charge in [-0.25, -0.2) is 0 Å². The maximum absolute atomic E-state index is 2.18. The third-order valence-electron chi connectivity index (χ3n) is 0.883. The van der Waals surface area contributed by atoms with Crippen LogP contribution in [0.1, 0.15) is 12.8 Å². The first-order chi connectivity index (χ1) is 3.00. The zero-order valence-corrected chi connectivity index (χ0v) is 9.19. The molecule has 0 aromatic rings. The van der Waals surface area contributed by atoms with E-state index in [0.29, 0.717) is 0 Å². The zero-order valence-electron chi connectivity index (χ0n) is 5.17. The van der Waals surface area contributed by atoms with Crippen molar-refractivity contribution in [1.82, 2.24) is 0 Å². The molecular weight excluding hydrogens is 143 g/mol. The van der Waals surface area contributed by atoms with Crippen LogP contribution in [0.4, 0.5) is 0 Å². The number of hydrogen-bond acceptors (Lipinski definition) is 1. The molecular formula is C6H9KS. The fraction of sp³-hybridized carbons (Fsp3) is 0.333. The summed E-state index contributed by atoms with van der Waals surface area (Å²) in [5.41, 5.74) is 0. The Bertz CT molecular complexity index is 74.5. The van der Waals surface area contributed by atoms with Crippen molar-refractivity contribution < 1.29 is 51.4 Å². The molecule has 2 heteroatoms. The van der Waals surface area contributed by atoms with Crippen LogP contribution in [0.3, 0.4) is 0 Å². The quantitative estimate of drug-likeness (QED) is 0.234. The van der Waals surface area contributed by atoms with Crippen LogP contribution in [0.15, 0.2) is 24.3 Å². The Kier molecular flexibility index (Phi) is 12.9. The number of hydrogen-bond donors (Lipinski definition) is 0. The summed E-state index contributed by atoms with van der Waals surface area (Å²) < 4.78 is 0. The third kappa shape index (κ3) is 5.60. The van der Waals surface area contributed by atoms with Crippen LogP contribution in [-0.2, 0) is 13.5 Å². The second-order valence-electron chi connectivity index (χ2n) is 1.43. The third-order valence-corrected chi connectivity index (χ3v) is 0.883. The molecule has 0 unspecified atom stereocenters. The molecule has 0 N–H and O–H groups in total. The second kappa shape index (κ2) is 8.47. The maximum atomic E-state index is 2.18. The molecule has 1 aliphatic rings. The molecule has 8 heavy (non-hydrogen) atoms. The van der Waals surface area contributed by atoms with Crippen LogP contribution in [0.25, 0.3) is 0 Å². The standard InChI is InChI=1S/C6H8.K.H2S/c1-2-4-6-5-3-1;;/h1-4H,5-6H2;;1H2/q;+1;/p-1. The van der Waals surface area contributed by atoms with Crippen LogP contribution >= 0.6 is 0 Å². The smallest absolute Gasteiger partial charge is 0.813 e. The van der Waals surface area contributed by atoms with E-state index in [4.69, 9.17) is 0 Å². The van der Waals surface area contributed by atoms with Crippen LogP contribution in [-0.4, -0.2) is 0 Å². The van der Waals surface area contributed by atoms with Gasteiger partial charge in [-0.1, -0.05) is 24.3 Å². The van der Waals surface area contributed by atoms with Gasteiger partial charge in [0.15, 0.2) is 0 Å². The van der Waals surface area contributed by atoms with E-state index in [2.05, 4.69) is 24.3 Å². The Labute approximate surface area is 100 Å². The molecule has 0 aromatic heterocycles. The van der Waals surface area contributed by atoms with Gasteiger partial charge in [-0.3, -0.25) is 0 Å². The van der Waals surface area contributed by atoms with E-state index < -0.39 is 0 Å². The minimum absolute atomic E-state index is 0. The first kappa shape index (κ1) is 12.2. The average Bonchev–Trinajstić information content (AvgIpc) is 1.72. The van der Waals surface area contributed by atoms with Gasteiger partial charge in [-0.2, -0.15) is 0 Å². The topological polar surface area (TPSA) is 0 Å². The molecule has 0 aliphatic heterocycles. The van der Waals surface area contributed by atoms with Gasteiger partial charge in [-0.05, 0) is 12.8 Å². The van der Waals surface area contributed by atoms with Crippen molar-refractivity contribution in [2.75, 3.05) is 0 Å². The van der Waals surface area contributed by atoms with Crippen molar-refractivity contribution >= 4 is 13.5 Å². The number of thiol groups is 1. The van der Waals surface area contributed by atoms with E-state index in [1.165, 1.54) is 12.8 Å². The predicted octanol–water partition coefficient (Wildman–Crippen LogP) is -1.37. The minimum Gasteiger partial charge on any atom is -0.813 e. The summed E-state index contributed by atoms with van der Waals surface area (Å²) in [4.78, 5) is 0. The summed E-state index contributed by atoms with van der Waals surface area (Å²) >= 11 is 0. The predicted molar refractivity (Wildman–Crippen MR) is 36.3 cm³/mol. The molecule has 0 amide bonds. The molecule has 0 spiro atoms. The molecule has 0 heterocycles. The Morgan fingerprint density at radius 1 is 0.875 bits per heavy atom. The molecule has 0 nitrogen and oxygen atoms in total. The largest absolute Gasteiger partial charge is 1.00 e. The van der Waals surface area contributed by atoms with E-state index in [1.807, 2.05) is 0 Å². The average molecular weight is 152 g/mol. The van der Waals surface area contributed by atoms with Gasteiger partial charge in [0.1, 0.15) is 0 Å². The Morgan fingerprint density at radius 3 is 1.38 bits per heavy atom. The van der Waals surface area contributed by atoms with Crippen molar-refractivity contribution in [3.8, 4) is 0 Å². The van der Waals surface area contributed by atoms with Gasteiger partial charge >= 0.3 is 51.4 Å². The minimum atomic E-state index is 0. The second-order valence-corrected chi connectivity index (χ2v) is 1.43. The van der Waals surface area contributed by atoms with Gasteiger partial charge in [0.25, 0.3) is 0 Å². The zero-order chi connectivity index (χ0) is 4.24. The van der Waals surface area contributed by atoms with Gasteiger partial charge < -0.3 is 13.5 Å². The van der Waals surface area contributed by atoms with Crippen LogP contribution in [0.5, 0.6) is 0 Å². The Balaban J connectivity index is 0. The summed E-state index contributed by atoms with van der Waals surface area (Å²) in [5, 5.41) is 0. The molecule has 40 valence electrons. The van der Waals surface area contributed by atoms with Crippen molar-refractivity contribution in [3.05, 3.63) is 24.3 Å². The van der Waals surface area contributed by atoms with E-state index in [1.54, 1.807) is 0 Å². The summed E-state index contributed by atoms with van der Waals surface area (Å²) in [5.74, 6) is 0. The molecule has 1 rings (SSSR count). The van der Waals surface area contributed by atoms with Crippen molar-refractivity contribution in [1.29, 1.82) is 0 Å². The number of allylic oxidation sites excluding steroid dienone is 4. The maximum Gasteiger partial charge on any atom is 1.00 e. The van der Waals surface area contributed by atoms with E-state index in [0.717, 1.165) is 0 Å². The molecule has 0 radical (unpaired) electrons. The van der Waals surface area contributed by atoms with Gasteiger partial charge in [0.2, 0.25) is 0 Å². The molecule has 0 bridgehead atoms. The molecule has 0 aromatic carbocycles. The fourth-order valence-electron chi connectivity index (χ4n) is 0.542. The fourth-order valence-corrected chi connectivity index (χ4v) is 0.542. The number of rotatable bonds is 0. The first-order valence-corrected chi connectivity index (χ1v) is 2.32.